The molecule has 0 fully saturated rings. The zero-order chi connectivity index (χ0) is 75.1. The van der Waals surface area contributed by atoms with E-state index in [1.54, 1.807) is 0 Å². The topological polar surface area (TPSA) is 27.7 Å². The van der Waals surface area contributed by atoms with Gasteiger partial charge in [0.05, 0.1) is 0 Å². The molecule has 0 amide bonds. The van der Waals surface area contributed by atoms with Crippen molar-refractivity contribution in [3.05, 3.63) is 159 Å². The molecule has 6 aromatic rings. The highest BCUT2D eigenvalue weighted by molar-refractivity contribution is 7.43. The van der Waals surface area contributed by atoms with Crippen molar-refractivity contribution in [3.63, 3.8) is 0 Å². The maximum Gasteiger partial charge on any atom is 0.530 e. The minimum Gasteiger partial charge on any atom is -0.408 e. The van der Waals surface area contributed by atoms with Gasteiger partial charge in [-0.2, -0.15) is 0 Å². The van der Waals surface area contributed by atoms with Crippen LogP contribution in [0.15, 0.2) is 109 Å². The van der Waals surface area contributed by atoms with E-state index in [0.717, 1.165) is 114 Å². The summed E-state index contributed by atoms with van der Waals surface area (Å²) in [7, 11) is -2.17. The van der Waals surface area contributed by atoms with Crippen LogP contribution in [-0.4, -0.2) is 0 Å². The van der Waals surface area contributed by atoms with E-state index in [-0.39, 0.29) is 0 Å². The fourth-order valence-electron chi connectivity index (χ4n) is 16.6. The number of rotatable bonds is 66. The maximum atomic E-state index is 8.18. The van der Waals surface area contributed by atoms with Crippen molar-refractivity contribution in [2.24, 2.45) is 0 Å². The van der Waals surface area contributed by atoms with Gasteiger partial charge in [0.25, 0.3) is 0 Å². The predicted molar refractivity (Wildman–Crippen MR) is 470 cm³/mol. The van der Waals surface area contributed by atoms with Crippen LogP contribution in [0.25, 0.3) is 33.4 Å². The van der Waals surface area contributed by atoms with E-state index in [1.807, 2.05) is 0 Å². The molecule has 0 unspecified atom stereocenters. The Morgan fingerprint density at radius 3 is 0.594 bits per heavy atom. The zero-order valence-corrected chi connectivity index (χ0v) is 71.3. The standard InChI is InChI=1S/C102H159O3P/c1-10-19-28-34-40-46-52-67-88-79-82-97(100(91-76-61-58-70-85(91)64-25-16-7)94(88)73-55-49-43-37-31-22-13-4)103-106(104-98-83-80-89(68-53-47-41-35-29-20-11-2)95(74-56-50-44-38-32-23-14-5)101(98)92-77-62-59-71-86(92)65-26-17-8)105-99-84-81-90(69-54-48-42-36-30-21-12-3)96(75-57-51-45-39-33-24-15-6)102(99)93-78-63-60-72-87(93)66-27-18-9/h58-63,70-72,76-84H,10-57,64-69,73-75H2,1-9H3. The second-order valence-electron chi connectivity index (χ2n) is 32.2. The van der Waals surface area contributed by atoms with Crippen molar-refractivity contribution >= 4 is 8.60 Å². The van der Waals surface area contributed by atoms with E-state index in [2.05, 4.69) is 172 Å². The van der Waals surface area contributed by atoms with Crippen LogP contribution in [0, 0.1) is 0 Å². The van der Waals surface area contributed by atoms with Gasteiger partial charge in [0.15, 0.2) is 0 Å². The predicted octanol–water partition coefficient (Wildman–Crippen LogP) is 34.2. The van der Waals surface area contributed by atoms with E-state index < -0.39 is 8.60 Å². The SMILES string of the molecule is CCCCCCCCCc1ccc(OP(Oc2ccc(CCCCCCCCC)c(CCCCCCCCC)c2-c2ccccc2CCCC)Oc2ccc(CCCCCCCCC)c(CCCCCCCCC)c2-c2ccccc2CCCC)c(-c2ccccc2CCCC)c1CCCCCCCCC. The van der Waals surface area contributed by atoms with E-state index in [9.17, 15) is 0 Å². The number of benzene rings is 6. The largest absolute Gasteiger partial charge is 0.530 e. The van der Waals surface area contributed by atoms with Crippen molar-refractivity contribution in [2.45, 2.75) is 428 Å². The zero-order valence-electron chi connectivity index (χ0n) is 70.4. The quantitative estimate of drug-likeness (QED) is 0.0281. The normalized spacial score (nSPS) is 11.6. The van der Waals surface area contributed by atoms with Gasteiger partial charge in [0, 0.05) is 16.7 Å². The summed E-state index contributed by atoms with van der Waals surface area (Å²) in [5, 5.41) is 0. The Bertz CT molecular complexity index is 2850. The molecular formula is C102H159O3P. The third kappa shape index (κ3) is 33.4. The molecule has 0 heterocycles. The smallest absolute Gasteiger partial charge is 0.408 e. The Hall–Kier alpha value is -4.85. The molecule has 6 rings (SSSR count). The van der Waals surface area contributed by atoms with E-state index in [4.69, 9.17) is 13.6 Å². The van der Waals surface area contributed by atoms with Crippen LogP contribution < -0.4 is 13.6 Å². The van der Waals surface area contributed by atoms with Crippen LogP contribution in [0.2, 0.25) is 0 Å². The average Bonchev–Trinajstić information content (AvgIpc) is 0.780. The highest BCUT2D eigenvalue weighted by Crippen LogP contribution is 2.53. The van der Waals surface area contributed by atoms with Crippen LogP contribution in [0.5, 0.6) is 17.2 Å². The van der Waals surface area contributed by atoms with Crippen molar-refractivity contribution in [1.29, 1.82) is 0 Å². The van der Waals surface area contributed by atoms with Gasteiger partial charge < -0.3 is 13.6 Å². The summed E-state index contributed by atoms with van der Waals surface area (Å²) in [5.74, 6) is 2.72. The molecule has 590 valence electrons. The molecule has 0 aromatic heterocycles. The van der Waals surface area contributed by atoms with Gasteiger partial charge in [-0.25, -0.2) is 0 Å². The third-order valence-electron chi connectivity index (χ3n) is 23.1. The summed E-state index contributed by atoms with van der Waals surface area (Å²) >= 11 is 0. The molecule has 0 aliphatic rings. The highest BCUT2D eigenvalue weighted by atomic mass is 31.2. The molecule has 0 bridgehead atoms. The lowest BCUT2D eigenvalue weighted by Gasteiger charge is -2.27. The molecule has 0 N–H and O–H groups in total. The third-order valence-corrected chi connectivity index (χ3v) is 24.2. The molecule has 0 radical (unpaired) electrons. The van der Waals surface area contributed by atoms with Crippen molar-refractivity contribution < 1.29 is 13.6 Å². The van der Waals surface area contributed by atoms with Gasteiger partial charge in [-0.3, -0.25) is 0 Å². The van der Waals surface area contributed by atoms with Crippen LogP contribution >= 0.6 is 8.60 Å². The molecule has 0 aliphatic heterocycles. The molecule has 0 saturated carbocycles. The van der Waals surface area contributed by atoms with Crippen LogP contribution in [0.3, 0.4) is 0 Å². The van der Waals surface area contributed by atoms with Gasteiger partial charge in [0.1, 0.15) is 17.2 Å². The molecule has 3 nitrogen and oxygen atoms in total. The average molecular weight is 1460 g/mol. The van der Waals surface area contributed by atoms with Gasteiger partial charge in [-0.05, 0) is 201 Å². The minimum atomic E-state index is -2.17. The fraction of sp³-hybridized carbons (Fsp3) is 0.647. The molecule has 4 heteroatoms. The number of unbranched alkanes of at least 4 members (excludes halogenated alkanes) is 39. The highest BCUT2D eigenvalue weighted by Gasteiger charge is 2.31. The minimum absolute atomic E-state index is 0.906. The number of hydrogen-bond acceptors (Lipinski definition) is 3. The Morgan fingerprint density at radius 2 is 0.368 bits per heavy atom. The molecular weight excluding hydrogens is 1300 g/mol. The Labute approximate surface area is 656 Å². The first-order valence-electron chi connectivity index (χ1n) is 45.9. The monoisotopic (exact) mass is 1460 g/mol. The number of aryl methyl sites for hydroxylation is 6. The first-order valence-corrected chi connectivity index (χ1v) is 47.0. The Morgan fingerprint density at radius 1 is 0.179 bits per heavy atom. The lowest BCUT2D eigenvalue weighted by atomic mass is 9.86. The Kier molecular flexibility index (Phi) is 49.4. The summed E-state index contributed by atoms with van der Waals surface area (Å²) < 4.78 is 24.5. The summed E-state index contributed by atoms with van der Waals surface area (Å²) in [6.45, 7) is 21.1. The first kappa shape index (κ1) is 90.0. The van der Waals surface area contributed by atoms with Gasteiger partial charge in [-0.1, -0.05) is 404 Å². The summed E-state index contributed by atoms with van der Waals surface area (Å²) in [5.41, 5.74) is 21.1. The lowest BCUT2D eigenvalue weighted by Crippen LogP contribution is -2.10. The summed E-state index contributed by atoms with van der Waals surface area (Å²) in [6, 6.07) is 43.0. The van der Waals surface area contributed by atoms with Crippen LogP contribution in [0.4, 0.5) is 0 Å². The van der Waals surface area contributed by atoms with Crippen LogP contribution in [0.1, 0.15) is 421 Å². The molecule has 0 aliphatic carbocycles. The van der Waals surface area contributed by atoms with Crippen molar-refractivity contribution in [2.75, 3.05) is 0 Å². The van der Waals surface area contributed by atoms with Gasteiger partial charge in [0.2, 0.25) is 0 Å². The molecule has 6 aromatic carbocycles. The maximum absolute atomic E-state index is 8.18. The Balaban J connectivity index is 1.69. The van der Waals surface area contributed by atoms with E-state index >= 15 is 0 Å². The van der Waals surface area contributed by atoms with Gasteiger partial charge in [-0.15, -0.1) is 0 Å². The van der Waals surface area contributed by atoms with Crippen molar-refractivity contribution in [1.82, 2.24) is 0 Å². The van der Waals surface area contributed by atoms with E-state index in [0.29, 0.717) is 0 Å². The molecule has 0 atom stereocenters. The van der Waals surface area contributed by atoms with E-state index in [1.165, 1.54) is 353 Å². The lowest BCUT2D eigenvalue weighted by molar-refractivity contribution is 0.389. The number of hydrogen-bond donors (Lipinski definition) is 0. The van der Waals surface area contributed by atoms with Crippen LogP contribution in [-0.2, 0) is 57.8 Å². The first-order chi connectivity index (χ1) is 52.4. The summed E-state index contributed by atoms with van der Waals surface area (Å²) in [6.07, 6.45) is 70.8. The van der Waals surface area contributed by atoms with Gasteiger partial charge >= 0.3 is 8.60 Å². The summed E-state index contributed by atoms with van der Waals surface area (Å²) in [4.78, 5) is 0. The second-order valence-corrected chi connectivity index (χ2v) is 33.2. The molecule has 106 heavy (non-hydrogen) atoms. The molecule has 0 saturated heterocycles. The molecule has 0 spiro atoms. The second kappa shape index (κ2) is 58.1. The van der Waals surface area contributed by atoms with Crippen molar-refractivity contribution in [3.8, 4) is 50.6 Å². The fourth-order valence-corrected chi connectivity index (χ4v) is 17.7.